The molecule has 2 fully saturated rings. The maximum absolute atomic E-state index is 13.7. The van der Waals surface area contributed by atoms with E-state index < -0.39 is 23.5 Å². The zero-order chi connectivity index (χ0) is 25.1. The smallest absolute Gasteiger partial charge is 0.289 e. The molecule has 0 bridgehead atoms. The van der Waals surface area contributed by atoms with Gasteiger partial charge in [-0.15, -0.1) is 0 Å². The van der Waals surface area contributed by atoms with Crippen LogP contribution in [0.1, 0.15) is 39.3 Å². The van der Waals surface area contributed by atoms with E-state index >= 15 is 0 Å². The number of halogens is 1. The SMILES string of the molecule is O=C(NCc1ccncc1)C1COC2(CCN(C(=O)c3ccco3)CC2)N1C(=O)c1ccc(F)cc1. The molecule has 0 aliphatic carbocycles. The summed E-state index contributed by atoms with van der Waals surface area (Å²) >= 11 is 0. The molecule has 0 saturated carbocycles. The van der Waals surface area contributed by atoms with Crippen molar-refractivity contribution in [2.45, 2.75) is 31.2 Å². The summed E-state index contributed by atoms with van der Waals surface area (Å²) in [5.74, 6) is -1.24. The predicted molar refractivity (Wildman–Crippen MR) is 125 cm³/mol. The Morgan fingerprint density at radius 1 is 1.03 bits per heavy atom. The number of likely N-dealkylation sites (tertiary alicyclic amines) is 1. The fraction of sp³-hybridized carbons (Fsp3) is 0.308. The molecule has 3 aromatic rings. The van der Waals surface area contributed by atoms with Gasteiger partial charge in [0.05, 0.1) is 12.9 Å². The Hall–Kier alpha value is -4.05. The van der Waals surface area contributed by atoms with Crippen molar-refractivity contribution in [3.63, 3.8) is 0 Å². The van der Waals surface area contributed by atoms with Crippen LogP contribution in [0, 0.1) is 5.82 Å². The fourth-order valence-electron chi connectivity index (χ4n) is 4.72. The second-order valence-corrected chi connectivity index (χ2v) is 8.80. The number of furan rings is 1. The van der Waals surface area contributed by atoms with Crippen LogP contribution in [0.2, 0.25) is 0 Å². The van der Waals surface area contributed by atoms with Gasteiger partial charge in [-0.2, -0.15) is 0 Å². The molecule has 2 saturated heterocycles. The van der Waals surface area contributed by atoms with Gasteiger partial charge >= 0.3 is 0 Å². The summed E-state index contributed by atoms with van der Waals surface area (Å²) in [7, 11) is 0. The van der Waals surface area contributed by atoms with Crippen LogP contribution in [0.3, 0.4) is 0 Å². The van der Waals surface area contributed by atoms with E-state index in [0.29, 0.717) is 25.9 Å². The molecule has 186 valence electrons. The summed E-state index contributed by atoms with van der Waals surface area (Å²) in [6, 6.07) is 11.2. The lowest BCUT2D eigenvalue weighted by Gasteiger charge is -2.44. The molecular formula is C26H25FN4O5. The molecule has 10 heteroatoms. The van der Waals surface area contributed by atoms with Crippen molar-refractivity contribution in [2.75, 3.05) is 19.7 Å². The van der Waals surface area contributed by atoms with Crippen molar-refractivity contribution < 1.29 is 27.9 Å². The summed E-state index contributed by atoms with van der Waals surface area (Å²) in [6.45, 7) is 0.923. The average Bonchev–Trinajstić information content (AvgIpc) is 3.57. The number of amides is 3. The number of pyridine rings is 1. The first-order chi connectivity index (χ1) is 17.5. The largest absolute Gasteiger partial charge is 0.459 e. The quantitative estimate of drug-likeness (QED) is 0.587. The van der Waals surface area contributed by atoms with Crippen LogP contribution in [0.15, 0.2) is 71.6 Å². The van der Waals surface area contributed by atoms with Crippen LogP contribution >= 0.6 is 0 Å². The Labute approximate surface area is 206 Å². The third kappa shape index (κ3) is 4.59. The first-order valence-electron chi connectivity index (χ1n) is 11.7. The first kappa shape index (κ1) is 23.7. The second kappa shape index (κ2) is 9.90. The molecule has 3 amide bonds. The van der Waals surface area contributed by atoms with Crippen molar-refractivity contribution in [3.8, 4) is 0 Å². The van der Waals surface area contributed by atoms with Gasteiger partial charge in [-0.3, -0.25) is 24.3 Å². The molecule has 2 aromatic heterocycles. The van der Waals surface area contributed by atoms with E-state index in [1.165, 1.54) is 35.4 Å². The zero-order valence-corrected chi connectivity index (χ0v) is 19.4. The molecule has 1 aromatic carbocycles. The molecule has 1 atom stereocenters. The van der Waals surface area contributed by atoms with E-state index in [0.717, 1.165) is 5.56 Å². The van der Waals surface area contributed by atoms with Gasteiger partial charge in [-0.25, -0.2) is 4.39 Å². The Bertz CT molecular complexity index is 1220. The number of nitrogens with one attached hydrogen (secondary N) is 1. The molecule has 9 nitrogen and oxygen atoms in total. The molecular weight excluding hydrogens is 467 g/mol. The van der Waals surface area contributed by atoms with Crippen molar-refractivity contribution in [1.29, 1.82) is 0 Å². The van der Waals surface area contributed by atoms with Crippen LogP contribution in [0.25, 0.3) is 0 Å². The standard InChI is InChI=1S/C26H25FN4O5/c27-20-5-3-19(4-6-20)24(33)31-21(23(32)29-16-18-7-11-28-12-8-18)17-36-26(31)9-13-30(14-10-26)25(34)22-2-1-15-35-22/h1-8,11-12,15,21H,9-10,13-14,16-17H2,(H,29,32). The monoisotopic (exact) mass is 492 g/mol. The molecule has 5 rings (SSSR count). The fourth-order valence-corrected chi connectivity index (χ4v) is 4.72. The molecule has 36 heavy (non-hydrogen) atoms. The van der Waals surface area contributed by atoms with E-state index in [1.807, 2.05) is 0 Å². The third-order valence-electron chi connectivity index (χ3n) is 6.65. The number of hydrogen-bond acceptors (Lipinski definition) is 6. The Morgan fingerprint density at radius 2 is 1.75 bits per heavy atom. The van der Waals surface area contributed by atoms with E-state index in [9.17, 15) is 18.8 Å². The highest BCUT2D eigenvalue weighted by atomic mass is 19.1. The molecule has 1 N–H and O–H groups in total. The van der Waals surface area contributed by atoms with E-state index in [-0.39, 0.29) is 36.3 Å². The maximum atomic E-state index is 13.7. The van der Waals surface area contributed by atoms with Crippen LogP contribution in [0.5, 0.6) is 0 Å². The highest BCUT2D eigenvalue weighted by molar-refractivity contribution is 5.98. The van der Waals surface area contributed by atoms with Gasteiger partial charge in [0, 0.05) is 50.4 Å². The average molecular weight is 493 g/mol. The van der Waals surface area contributed by atoms with E-state index in [2.05, 4.69) is 10.3 Å². The summed E-state index contributed by atoms with van der Waals surface area (Å²) in [5.41, 5.74) is 0.0554. The van der Waals surface area contributed by atoms with Gasteiger partial charge in [0.2, 0.25) is 5.91 Å². The van der Waals surface area contributed by atoms with Gasteiger partial charge in [0.1, 0.15) is 17.6 Å². The number of benzene rings is 1. The second-order valence-electron chi connectivity index (χ2n) is 8.80. The lowest BCUT2D eigenvalue weighted by atomic mass is 9.96. The molecule has 4 heterocycles. The van der Waals surface area contributed by atoms with Gasteiger partial charge in [-0.05, 0) is 54.1 Å². The van der Waals surface area contributed by atoms with Gasteiger partial charge in [-0.1, -0.05) is 0 Å². The topological polar surface area (TPSA) is 105 Å². The van der Waals surface area contributed by atoms with Gasteiger partial charge in [0.15, 0.2) is 5.76 Å². The molecule has 1 unspecified atom stereocenters. The van der Waals surface area contributed by atoms with Gasteiger partial charge in [0.25, 0.3) is 11.8 Å². The first-order valence-corrected chi connectivity index (χ1v) is 11.7. The lowest BCUT2D eigenvalue weighted by molar-refractivity contribution is -0.128. The minimum absolute atomic E-state index is 0.0151. The van der Waals surface area contributed by atoms with E-state index in [1.54, 1.807) is 41.6 Å². The predicted octanol–water partition coefficient (Wildman–Crippen LogP) is 2.60. The number of piperidine rings is 1. The normalized spacial score (nSPS) is 18.9. The zero-order valence-electron chi connectivity index (χ0n) is 19.4. The van der Waals surface area contributed by atoms with Crippen molar-refractivity contribution in [2.24, 2.45) is 0 Å². The highest BCUT2D eigenvalue weighted by Crippen LogP contribution is 2.39. The summed E-state index contributed by atoms with van der Waals surface area (Å²) in [6.07, 6.45) is 5.35. The Morgan fingerprint density at radius 3 is 2.42 bits per heavy atom. The Balaban J connectivity index is 1.36. The summed E-state index contributed by atoms with van der Waals surface area (Å²) in [5, 5.41) is 2.88. The number of aromatic nitrogens is 1. The van der Waals surface area contributed by atoms with Crippen LogP contribution < -0.4 is 5.32 Å². The number of carbonyl (C=O) groups is 3. The van der Waals surface area contributed by atoms with Gasteiger partial charge < -0.3 is 19.4 Å². The highest BCUT2D eigenvalue weighted by Gasteiger charge is 2.54. The number of carbonyl (C=O) groups excluding carboxylic acids is 3. The number of rotatable bonds is 5. The van der Waals surface area contributed by atoms with Crippen LogP contribution in [-0.4, -0.2) is 64.0 Å². The molecule has 2 aliphatic rings. The summed E-state index contributed by atoms with van der Waals surface area (Å²) < 4.78 is 24.9. The van der Waals surface area contributed by atoms with Crippen molar-refractivity contribution in [3.05, 3.63) is 89.9 Å². The third-order valence-corrected chi connectivity index (χ3v) is 6.65. The maximum Gasteiger partial charge on any atom is 0.289 e. The van der Waals surface area contributed by atoms with E-state index in [4.69, 9.17) is 9.15 Å². The number of hydrogen-bond donors (Lipinski definition) is 1. The van der Waals surface area contributed by atoms with Crippen LogP contribution in [0.4, 0.5) is 4.39 Å². The lowest BCUT2D eigenvalue weighted by Crippen LogP contribution is -2.59. The molecule has 1 spiro atoms. The van der Waals surface area contributed by atoms with Crippen molar-refractivity contribution in [1.82, 2.24) is 20.1 Å². The van der Waals surface area contributed by atoms with Crippen molar-refractivity contribution >= 4 is 17.7 Å². The molecule has 2 aliphatic heterocycles. The van der Waals surface area contributed by atoms with Crippen LogP contribution in [-0.2, 0) is 16.1 Å². The summed E-state index contributed by atoms with van der Waals surface area (Å²) in [4.78, 5) is 46.7. The number of ether oxygens (including phenoxy) is 1. The molecule has 0 radical (unpaired) electrons. The minimum Gasteiger partial charge on any atom is -0.459 e. The minimum atomic E-state index is -1.07. The number of nitrogens with zero attached hydrogens (tertiary/aromatic N) is 3. The Kier molecular flexibility index (Phi) is 6.51.